The van der Waals surface area contributed by atoms with Crippen molar-refractivity contribution in [2.45, 2.75) is 39.5 Å². The predicted molar refractivity (Wildman–Crippen MR) is 38.3 cm³/mol. The van der Waals surface area contributed by atoms with Gasteiger partial charge in [-0.2, -0.15) is 0 Å². The number of hydrogen-bond donors (Lipinski definition) is 0. The molecule has 0 aliphatic rings. The molecule has 0 fully saturated rings. The summed E-state index contributed by atoms with van der Waals surface area (Å²) in [4.78, 5) is 10.3. The molecule has 3 heteroatoms. The molecule has 1 unspecified atom stereocenters. The van der Waals surface area contributed by atoms with Crippen LogP contribution in [0.5, 0.6) is 0 Å². The Balaban J connectivity index is 0. The minimum Gasteiger partial charge on any atom is -0.550 e. The van der Waals surface area contributed by atoms with Crippen LogP contribution < -0.4 is 5.11 Å². The summed E-state index contributed by atoms with van der Waals surface area (Å²) in [5, 5.41) is 10.3. The van der Waals surface area contributed by atoms with E-state index in [4.69, 9.17) is 0 Å². The zero-order valence-electron chi connectivity index (χ0n) is 7.17. The molecule has 0 aliphatic carbocycles. The molecule has 2 nitrogen and oxygen atoms in total. The third-order valence-electron chi connectivity index (χ3n) is 1.73. The van der Waals surface area contributed by atoms with E-state index in [-0.39, 0.29) is 28.3 Å². The zero-order valence-corrected chi connectivity index (χ0v) is 9.37. The molecule has 0 aromatic rings. The molecular formula is C8H15NbO2-. The molecule has 65 valence electrons. The van der Waals surface area contributed by atoms with Crippen LogP contribution in [0.25, 0.3) is 0 Å². The molecule has 0 bridgehead atoms. The van der Waals surface area contributed by atoms with Gasteiger partial charge in [0, 0.05) is 28.3 Å². The summed E-state index contributed by atoms with van der Waals surface area (Å²) in [7, 11) is 0. The normalized spacial score (nSPS) is 11.8. The first-order valence-corrected chi connectivity index (χ1v) is 3.93. The number of rotatable bonds is 5. The van der Waals surface area contributed by atoms with Gasteiger partial charge in [-0.1, -0.05) is 26.7 Å². The number of hydrogen-bond acceptors (Lipinski definition) is 2. The number of aliphatic carboxylic acids is 1. The van der Waals surface area contributed by atoms with Crippen molar-refractivity contribution < 1.29 is 32.3 Å². The van der Waals surface area contributed by atoms with E-state index in [1.165, 1.54) is 0 Å². The van der Waals surface area contributed by atoms with Crippen molar-refractivity contribution >= 4 is 5.97 Å². The fourth-order valence-electron chi connectivity index (χ4n) is 0.939. The molecular weight excluding hydrogens is 221 g/mol. The van der Waals surface area contributed by atoms with E-state index < -0.39 is 5.97 Å². The second kappa shape index (κ2) is 8.31. The van der Waals surface area contributed by atoms with Crippen LogP contribution in [0.4, 0.5) is 0 Å². The molecule has 1 radical (unpaired) electrons. The van der Waals surface area contributed by atoms with Crippen molar-refractivity contribution in [2.75, 3.05) is 0 Å². The molecule has 0 spiro atoms. The van der Waals surface area contributed by atoms with E-state index in [0.717, 1.165) is 19.3 Å². The third kappa shape index (κ3) is 6.60. The van der Waals surface area contributed by atoms with Crippen LogP contribution in [0, 0.1) is 5.92 Å². The van der Waals surface area contributed by atoms with Gasteiger partial charge in [-0.05, 0) is 18.8 Å². The molecule has 0 N–H and O–H groups in total. The Labute approximate surface area is 83.9 Å². The first-order chi connectivity index (χ1) is 4.72. The summed E-state index contributed by atoms with van der Waals surface area (Å²) in [6, 6.07) is 0. The van der Waals surface area contributed by atoms with Gasteiger partial charge in [-0.15, -0.1) is 0 Å². The van der Waals surface area contributed by atoms with E-state index in [2.05, 4.69) is 6.92 Å². The van der Waals surface area contributed by atoms with Crippen molar-refractivity contribution in [1.29, 1.82) is 0 Å². The van der Waals surface area contributed by atoms with Crippen molar-refractivity contribution in [3.05, 3.63) is 0 Å². The molecule has 0 saturated carbocycles. The van der Waals surface area contributed by atoms with E-state index in [0.29, 0.717) is 6.42 Å². The number of carboxylic acids is 1. The fourth-order valence-corrected chi connectivity index (χ4v) is 0.939. The van der Waals surface area contributed by atoms with E-state index in [1.807, 2.05) is 6.92 Å². The monoisotopic (exact) mass is 236 g/mol. The van der Waals surface area contributed by atoms with Crippen LogP contribution in [-0.2, 0) is 27.2 Å². The second-order valence-corrected chi connectivity index (χ2v) is 2.57. The number of carboxylic acid groups (broad SMARTS) is 1. The minimum absolute atomic E-state index is 0. The summed E-state index contributed by atoms with van der Waals surface area (Å²) in [5.74, 6) is -1.11. The maximum atomic E-state index is 10.3. The summed E-state index contributed by atoms with van der Waals surface area (Å²) in [6.07, 6.45) is 3.52. The SMILES string of the molecule is CCCCC(CC)C(=O)[O-].[Nb]. The van der Waals surface area contributed by atoms with E-state index in [9.17, 15) is 9.90 Å². The van der Waals surface area contributed by atoms with Crippen molar-refractivity contribution in [3.8, 4) is 0 Å². The average molecular weight is 236 g/mol. The van der Waals surface area contributed by atoms with Gasteiger partial charge in [-0.3, -0.25) is 0 Å². The number of unbranched alkanes of at least 4 members (excludes halogenated alkanes) is 1. The second-order valence-electron chi connectivity index (χ2n) is 2.57. The molecule has 0 heterocycles. The number of carbonyl (C=O) groups excluding carboxylic acids is 1. The van der Waals surface area contributed by atoms with E-state index >= 15 is 0 Å². The minimum atomic E-state index is -0.893. The van der Waals surface area contributed by atoms with Gasteiger partial charge in [0.25, 0.3) is 0 Å². The number of carbonyl (C=O) groups is 1. The maximum absolute atomic E-state index is 10.3. The topological polar surface area (TPSA) is 40.1 Å². The van der Waals surface area contributed by atoms with Crippen LogP contribution in [0.2, 0.25) is 0 Å². The van der Waals surface area contributed by atoms with E-state index in [1.54, 1.807) is 0 Å². The predicted octanol–water partition coefficient (Wildman–Crippen LogP) is 0.950. The summed E-state index contributed by atoms with van der Waals surface area (Å²) < 4.78 is 0. The smallest absolute Gasteiger partial charge is 0.0445 e. The maximum Gasteiger partial charge on any atom is 0.0445 e. The van der Waals surface area contributed by atoms with Gasteiger partial charge >= 0.3 is 0 Å². The van der Waals surface area contributed by atoms with Gasteiger partial charge in [-0.25, -0.2) is 0 Å². The Kier molecular flexibility index (Phi) is 10.4. The molecule has 0 saturated heterocycles. The van der Waals surface area contributed by atoms with Gasteiger partial charge in [0.1, 0.15) is 0 Å². The van der Waals surface area contributed by atoms with Crippen LogP contribution in [-0.4, -0.2) is 5.97 Å². The Hall–Kier alpha value is 0.210. The van der Waals surface area contributed by atoms with Crippen LogP contribution in [0.15, 0.2) is 0 Å². The first kappa shape index (κ1) is 13.8. The fraction of sp³-hybridized carbons (Fsp3) is 0.875. The standard InChI is InChI=1S/C8H16O2.Nb/c1-3-5-6-7(4-2)8(9)10;/h7H,3-6H2,1-2H3,(H,9,10);/p-1. The molecule has 0 amide bonds. The Morgan fingerprint density at radius 2 is 2.00 bits per heavy atom. The molecule has 0 aromatic heterocycles. The molecule has 0 aromatic carbocycles. The average Bonchev–Trinajstić information content (AvgIpc) is 1.89. The molecule has 0 aliphatic heterocycles. The van der Waals surface area contributed by atoms with Crippen molar-refractivity contribution in [1.82, 2.24) is 0 Å². The van der Waals surface area contributed by atoms with Gasteiger partial charge < -0.3 is 9.90 Å². The van der Waals surface area contributed by atoms with Crippen LogP contribution in [0.3, 0.4) is 0 Å². The van der Waals surface area contributed by atoms with Crippen molar-refractivity contribution in [3.63, 3.8) is 0 Å². The first-order valence-electron chi connectivity index (χ1n) is 3.93. The van der Waals surface area contributed by atoms with Crippen molar-refractivity contribution in [2.24, 2.45) is 5.92 Å². The van der Waals surface area contributed by atoms with Gasteiger partial charge in [0.05, 0.1) is 0 Å². The molecule has 11 heavy (non-hydrogen) atoms. The van der Waals surface area contributed by atoms with Crippen LogP contribution >= 0.6 is 0 Å². The van der Waals surface area contributed by atoms with Crippen LogP contribution in [0.1, 0.15) is 39.5 Å². The Morgan fingerprint density at radius 1 is 1.45 bits per heavy atom. The Morgan fingerprint density at radius 3 is 2.27 bits per heavy atom. The largest absolute Gasteiger partial charge is 0.550 e. The Bertz CT molecular complexity index is 104. The zero-order chi connectivity index (χ0) is 7.98. The summed E-state index contributed by atoms with van der Waals surface area (Å²) in [5.41, 5.74) is 0. The molecule has 1 atom stereocenters. The summed E-state index contributed by atoms with van der Waals surface area (Å²) in [6.45, 7) is 3.94. The molecule has 0 rings (SSSR count). The van der Waals surface area contributed by atoms with Gasteiger partial charge in [0.2, 0.25) is 0 Å². The summed E-state index contributed by atoms with van der Waals surface area (Å²) >= 11 is 0. The third-order valence-corrected chi connectivity index (χ3v) is 1.73. The quantitative estimate of drug-likeness (QED) is 0.667. The van der Waals surface area contributed by atoms with Gasteiger partial charge in [0.15, 0.2) is 0 Å².